The van der Waals surface area contributed by atoms with Gasteiger partial charge in [0.05, 0.1) is 11.7 Å². The minimum absolute atomic E-state index is 0.101. The summed E-state index contributed by atoms with van der Waals surface area (Å²) in [6.07, 6.45) is 4.51. The van der Waals surface area contributed by atoms with Crippen molar-refractivity contribution in [1.82, 2.24) is 19.9 Å². The van der Waals surface area contributed by atoms with Crippen molar-refractivity contribution in [3.63, 3.8) is 0 Å². The van der Waals surface area contributed by atoms with Crippen LogP contribution in [0.4, 0.5) is 4.39 Å². The standard InChI is InChI=1S/C18H21FN4O2/c1-12(25-17-5-3-2-4-15(17)19)18(24)22-9-8-14(10-22)23-11-16(20-21-23)13-6-7-13/h2-5,11-14H,6-10H2,1H3. The Kier molecular flexibility index (Phi) is 4.15. The van der Waals surface area contributed by atoms with Crippen LogP contribution in [0, 0.1) is 5.82 Å². The number of hydrogen-bond acceptors (Lipinski definition) is 4. The fourth-order valence-electron chi connectivity index (χ4n) is 3.23. The SMILES string of the molecule is CC(Oc1ccccc1F)C(=O)N1CCC(n2cc(C3CC3)nn2)C1. The highest BCUT2D eigenvalue weighted by Crippen LogP contribution is 2.39. The molecular formula is C18H21FN4O2. The van der Waals surface area contributed by atoms with E-state index in [0.29, 0.717) is 19.0 Å². The van der Waals surface area contributed by atoms with Crippen molar-refractivity contribution in [2.75, 3.05) is 13.1 Å². The summed E-state index contributed by atoms with van der Waals surface area (Å²) in [6.45, 7) is 2.88. The molecule has 2 fully saturated rings. The van der Waals surface area contributed by atoms with Crippen molar-refractivity contribution in [1.29, 1.82) is 0 Å². The van der Waals surface area contributed by atoms with Gasteiger partial charge in [0.2, 0.25) is 0 Å². The molecular weight excluding hydrogens is 323 g/mol. The van der Waals surface area contributed by atoms with Crippen LogP contribution in [0.5, 0.6) is 5.75 Å². The zero-order valence-corrected chi connectivity index (χ0v) is 14.1. The minimum Gasteiger partial charge on any atom is -0.478 e. The van der Waals surface area contributed by atoms with Crippen LogP contribution in [0.15, 0.2) is 30.5 Å². The van der Waals surface area contributed by atoms with Crippen molar-refractivity contribution in [2.24, 2.45) is 0 Å². The number of hydrogen-bond donors (Lipinski definition) is 0. The summed E-state index contributed by atoms with van der Waals surface area (Å²) >= 11 is 0. The fraction of sp³-hybridized carbons (Fsp3) is 0.500. The highest BCUT2D eigenvalue weighted by molar-refractivity contribution is 5.81. The Morgan fingerprint density at radius 3 is 2.88 bits per heavy atom. The number of carbonyl (C=O) groups excluding carboxylic acids is 1. The number of benzene rings is 1. The zero-order valence-electron chi connectivity index (χ0n) is 14.1. The van der Waals surface area contributed by atoms with Gasteiger partial charge in [0.1, 0.15) is 0 Å². The molecule has 2 heterocycles. The molecule has 2 unspecified atom stereocenters. The largest absolute Gasteiger partial charge is 0.478 e. The Morgan fingerprint density at radius 1 is 1.32 bits per heavy atom. The number of amides is 1. The van der Waals surface area contributed by atoms with Crippen LogP contribution in [0.2, 0.25) is 0 Å². The summed E-state index contributed by atoms with van der Waals surface area (Å²) in [5.74, 6) is 0.0801. The smallest absolute Gasteiger partial charge is 0.263 e. The van der Waals surface area contributed by atoms with Gasteiger partial charge in [0, 0.05) is 25.2 Å². The van der Waals surface area contributed by atoms with Gasteiger partial charge in [-0.3, -0.25) is 4.79 Å². The first-order valence-corrected chi connectivity index (χ1v) is 8.73. The molecule has 25 heavy (non-hydrogen) atoms. The van der Waals surface area contributed by atoms with E-state index in [1.54, 1.807) is 24.0 Å². The van der Waals surface area contributed by atoms with Gasteiger partial charge >= 0.3 is 0 Å². The van der Waals surface area contributed by atoms with Crippen LogP contribution in [-0.4, -0.2) is 45.0 Å². The van der Waals surface area contributed by atoms with Crippen LogP contribution >= 0.6 is 0 Å². The highest BCUT2D eigenvalue weighted by Gasteiger charge is 2.33. The molecule has 1 saturated heterocycles. The number of para-hydroxylation sites is 1. The third-order valence-corrected chi connectivity index (χ3v) is 4.86. The van der Waals surface area contributed by atoms with Gasteiger partial charge in [-0.25, -0.2) is 9.07 Å². The van der Waals surface area contributed by atoms with E-state index in [1.165, 1.54) is 25.0 Å². The number of ether oxygens (including phenoxy) is 1. The van der Waals surface area contributed by atoms with Crippen LogP contribution < -0.4 is 4.74 Å². The van der Waals surface area contributed by atoms with E-state index >= 15 is 0 Å². The van der Waals surface area contributed by atoms with Crippen molar-refractivity contribution in [3.8, 4) is 5.75 Å². The van der Waals surface area contributed by atoms with E-state index in [0.717, 1.165) is 12.1 Å². The summed E-state index contributed by atoms with van der Waals surface area (Å²) in [5.41, 5.74) is 1.06. The van der Waals surface area contributed by atoms with Gasteiger partial charge in [-0.2, -0.15) is 0 Å². The number of halogens is 1. The Hall–Kier alpha value is -2.44. The summed E-state index contributed by atoms with van der Waals surface area (Å²) in [5, 5.41) is 8.46. The average molecular weight is 344 g/mol. The fourth-order valence-corrected chi connectivity index (χ4v) is 3.23. The molecule has 2 aliphatic rings. The van der Waals surface area contributed by atoms with Gasteiger partial charge in [0.25, 0.3) is 5.91 Å². The Balaban J connectivity index is 1.37. The van der Waals surface area contributed by atoms with Crippen LogP contribution in [0.1, 0.15) is 43.8 Å². The molecule has 6 nitrogen and oxygen atoms in total. The summed E-state index contributed by atoms with van der Waals surface area (Å²) in [7, 11) is 0. The van der Waals surface area contributed by atoms with E-state index in [1.807, 2.05) is 10.9 Å². The average Bonchev–Trinajstić information content (AvgIpc) is 3.15. The molecule has 1 amide bonds. The van der Waals surface area contributed by atoms with E-state index in [4.69, 9.17) is 4.74 Å². The molecule has 2 aromatic rings. The van der Waals surface area contributed by atoms with Crippen molar-refractivity contribution >= 4 is 5.91 Å². The van der Waals surface area contributed by atoms with Crippen LogP contribution in [-0.2, 0) is 4.79 Å². The van der Waals surface area contributed by atoms with Crippen LogP contribution in [0.3, 0.4) is 0 Å². The molecule has 4 rings (SSSR count). The normalized spacial score (nSPS) is 21.4. The summed E-state index contributed by atoms with van der Waals surface area (Å²) < 4.78 is 21.1. The highest BCUT2D eigenvalue weighted by atomic mass is 19.1. The monoisotopic (exact) mass is 344 g/mol. The zero-order chi connectivity index (χ0) is 17.4. The maximum absolute atomic E-state index is 13.7. The third-order valence-electron chi connectivity index (χ3n) is 4.86. The third kappa shape index (κ3) is 3.36. The Bertz CT molecular complexity index is 774. The van der Waals surface area contributed by atoms with Gasteiger partial charge < -0.3 is 9.64 Å². The molecule has 0 spiro atoms. The summed E-state index contributed by atoms with van der Waals surface area (Å²) in [4.78, 5) is 14.4. The van der Waals surface area contributed by atoms with Gasteiger partial charge in [0.15, 0.2) is 17.7 Å². The molecule has 0 radical (unpaired) electrons. The molecule has 2 atom stereocenters. The lowest BCUT2D eigenvalue weighted by molar-refractivity contribution is -0.137. The van der Waals surface area contributed by atoms with Gasteiger partial charge in [-0.15, -0.1) is 5.10 Å². The maximum Gasteiger partial charge on any atom is 0.263 e. The number of likely N-dealkylation sites (tertiary alicyclic amines) is 1. The molecule has 0 bridgehead atoms. The first-order chi connectivity index (χ1) is 12.1. The Morgan fingerprint density at radius 2 is 2.12 bits per heavy atom. The van der Waals surface area contributed by atoms with Crippen molar-refractivity contribution < 1.29 is 13.9 Å². The number of rotatable bonds is 5. The lowest BCUT2D eigenvalue weighted by atomic mass is 10.2. The molecule has 1 aromatic carbocycles. The first-order valence-electron chi connectivity index (χ1n) is 8.73. The first kappa shape index (κ1) is 16.1. The predicted octanol–water partition coefficient (Wildman–Crippen LogP) is 2.54. The summed E-state index contributed by atoms with van der Waals surface area (Å²) in [6, 6.07) is 6.27. The molecule has 1 aliphatic heterocycles. The van der Waals surface area contributed by atoms with E-state index in [-0.39, 0.29) is 17.7 Å². The van der Waals surface area contributed by atoms with E-state index in [2.05, 4.69) is 10.3 Å². The number of carbonyl (C=O) groups is 1. The Labute approximate surface area is 145 Å². The topological polar surface area (TPSA) is 60.2 Å². The minimum atomic E-state index is -0.728. The predicted molar refractivity (Wildman–Crippen MR) is 88.7 cm³/mol. The molecule has 7 heteroatoms. The van der Waals surface area contributed by atoms with E-state index in [9.17, 15) is 9.18 Å². The number of aromatic nitrogens is 3. The molecule has 1 saturated carbocycles. The molecule has 132 valence electrons. The number of nitrogens with zero attached hydrogens (tertiary/aromatic N) is 4. The second kappa shape index (κ2) is 6.46. The lowest BCUT2D eigenvalue weighted by Gasteiger charge is -2.22. The second-order valence-corrected chi connectivity index (χ2v) is 6.81. The van der Waals surface area contributed by atoms with Crippen molar-refractivity contribution in [3.05, 3.63) is 42.0 Å². The van der Waals surface area contributed by atoms with Crippen molar-refractivity contribution in [2.45, 2.75) is 44.2 Å². The molecule has 1 aliphatic carbocycles. The van der Waals surface area contributed by atoms with Gasteiger partial charge in [-0.05, 0) is 38.3 Å². The van der Waals surface area contributed by atoms with E-state index < -0.39 is 11.9 Å². The second-order valence-electron chi connectivity index (χ2n) is 6.81. The quantitative estimate of drug-likeness (QED) is 0.836. The van der Waals surface area contributed by atoms with Gasteiger partial charge in [-0.1, -0.05) is 17.3 Å². The lowest BCUT2D eigenvalue weighted by Crippen LogP contribution is -2.39. The molecule has 1 aromatic heterocycles. The van der Waals surface area contributed by atoms with Crippen LogP contribution in [0.25, 0.3) is 0 Å². The maximum atomic E-state index is 13.7. The molecule has 0 N–H and O–H groups in total.